The van der Waals surface area contributed by atoms with Crippen LogP contribution in [0.5, 0.6) is 0 Å². The molecule has 0 amide bonds. The lowest BCUT2D eigenvalue weighted by Crippen LogP contribution is -2.46. The average molecular weight is 619 g/mol. The number of hydrogen-bond acceptors (Lipinski definition) is 8. The monoisotopic (exact) mass is 618 g/mol. The van der Waals surface area contributed by atoms with Gasteiger partial charge in [0.25, 0.3) is 0 Å². The van der Waals surface area contributed by atoms with Crippen molar-refractivity contribution in [3.63, 3.8) is 0 Å². The van der Waals surface area contributed by atoms with Gasteiger partial charge in [-0.2, -0.15) is 26.3 Å². The molecule has 42 heavy (non-hydrogen) atoms. The number of halogens is 6. The fourth-order valence-corrected chi connectivity index (χ4v) is 4.70. The van der Waals surface area contributed by atoms with Crippen LogP contribution in [0.25, 0.3) is 16.9 Å². The normalized spacial score (nSPS) is 14.0. The van der Waals surface area contributed by atoms with E-state index in [0.29, 0.717) is 0 Å². The number of fused-ring (bicyclic) bond motifs is 1. The van der Waals surface area contributed by atoms with Crippen molar-refractivity contribution in [2.45, 2.75) is 25.8 Å². The number of imidazole rings is 1. The van der Waals surface area contributed by atoms with Gasteiger partial charge in [0.2, 0.25) is 0 Å². The third-order valence-electron chi connectivity index (χ3n) is 5.70. The molecule has 0 radical (unpaired) electrons. The van der Waals surface area contributed by atoms with Crippen molar-refractivity contribution in [2.75, 3.05) is 31.1 Å². The van der Waals surface area contributed by atoms with Gasteiger partial charge in [-0.15, -0.1) is 11.3 Å². The Bertz CT molecular complexity index is 1460. The van der Waals surface area contributed by atoms with Crippen LogP contribution in [0.1, 0.15) is 9.75 Å². The van der Waals surface area contributed by atoms with Crippen LogP contribution in [0.3, 0.4) is 0 Å². The average Bonchev–Trinajstić information content (AvgIpc) is 3.55. The minimum absolute atomic E-state index is 0.906. The molecular weight excluding hydrogens is 594 g/mol. The molecule has 0 aromatic carbocycles. The third kappa shape index (κ3) is 8.87. The number of carboxylic acids is 2. The lowest BCUT2D eigenvalue weighted by molar-refractivity contribution is -0.193. The number of thiophene rings is 1. The summed E-state index contributed by atoms with van der Waals surface area (Å²) in [4.78, 5) is 39.1. The molecule has 2 N–H and O–H groups in total. The molecule has 17 heteroatoms. The van der Waals surface area contributed by atoms with Gasteiger partial charge in [-0.25, -0.2) is 19.6 Å². The second kappa shape index (κ2) is 13.6. The summed E-state index contributed by atoms with van der Waals surface area (Å²) < 4.78 is 65.6. The van der Waals surface area contributed by atoms with Crippen molar-refractivity contribution in [3.05, 3.63) is 65.0 Å². The van der Waals surface area contributed by atoms with Crippen LogP contribution in [0.4, 0.5) is 32.2 Å². The van der Waals surface area contributed by atoms with Gasteiger partial charge in [0.15, 0.2) is 11.5 Å². The Morgan fingerprint density at radius 3 is 2.02 bits per heavy atom. The smallest absolute Gasteiger partial charge is 0.475 e. The maximum Gasteiger partial charge on any atom is 0.490 e. The standard InChI is InChI=1S/C21H22N6S.2C2HF3O2/c1-16-4-5-18(28-16)15-25-9-11-26(12-10-25)20-21-24-14-19(27(21)8-7-23-20)17-3-2-6-22-13-17;2*3-2(4,5)1(6)7/h2-8,13-14H,9-12,15H2,1H3;2*(H,6,7). The largest absolute Gasteiger partial charge is 0.490 e. The van der Waals surface area contributed by atoms with Gasteiger partial charge in [-0.1, -0.05) is 0 Å². The first-order valence-electron chi connectivity index (χ1n) is 12.0. The molecule has 1 saturated heterocycles. The van der Waals surface area contributed by atoms with Gasteiger partial charge >= 0.3 is 24.3 Å². The van der Waals surface area contributed by atoms with Gasteiger partial charge in [0.1, 0.15) is 0 Å². The lowest BCUT2D eigenvalue weighted by atomic mass is 10.2. The highest BCUT2D eigenvalue weighted by Crippen LogP contribution is 2.26. The summed E-state index contributed by atoms with van der Waals surface area (Å²) in [6.07, 6.45) is -0.757. The van der Waals surface area contributed by atoms with Crippen LogP contribution >= 0.6 is 11.3 Å². The molecule has 5 heterocycles. The van der Waals surface area contributed by atoms with E-state index in [4.69, 9.17) is 19.8 Å². The molecule has 226 valence electrons. The highest BCUT2D eigenvalue weighted by atomic mass is 32.1. The Kier molecular flexibility index (Phi) is 10.5. The Morgan fingerprint density at radius 2 is 1.52 bits per heavy atom. The van der Waals surface area contributed by atoms with Gasteiger partial charge in [-0.05, 0) is 31.2 Å². The number of carboxylic acid groups (broad SMARTS) is 2. The molecule has 0 saturated carbocycles. The van der Waals surface area contributed by atoms with E-state index >= 15 is 0 Å². The van der Waals surface area contributed by atoms with E-state index < -0.39 is 24.3 Å². The summed E-state index contributed by atoms with van der Waals surface area (Å²) in [7, 11) is 0. The molecule has 10 nitrogen and oxygen atoms in total. The van der Waals surface area contributed by atoms with E-state index in [1.807, 2.05) is 42.2 Å². The number of anilines is 1. The van der Waals surface area contributed by atoms with Crippen LogP contribution in [-0.4, -0.2) is 84.9 Å². The Morgan fingerprint density at radius 1 is 0.905 bits per heavy atom. The molecule has 5 rings (SSSR count). The second-order valence-electron chi connectivity index (χ2n) is 8.71. The van der Waals surface area contributed by atoms with E-state index in [1.165, 1.54) is 9.75 Å². The van der Waals surface area contributed by atoms with Gasteiger partial charge in [0.05, 0.1) is 11.9 Å². The van der Waals surface area contributed by atoms with Crippen molar-refractivity contribution in [1.29, 1.82) is 0 Å². The minimum Gasteiger partial charge on any atom is -0.475 e. The number of aromatic nitrogens is 4. The zero-order valence-electron chi connectivity index (χ0n) is 21.8. The molecule has 0 aliphatic carbocycles. The second-order valence-corrected chi connectivity index (χ2v) is 10.1. The van der Waals surface area contributed by atoms with Gasteiger partial charge in [-0.3, -0.25) is 14.3 Å². The third-order valence-corrected chi connectivity index (χ3v) is 6.68. The minimum atomic E-state index is -5.08. The van der Waals surface area contributed by atoms with E-state index in [1.54, 1.807) is 6.20 Å². The molecule has 4 aromatic heterocycles. The van der Waals surface area contributed by atoms with Crippen LogP contribution in [0.2, 0.25) is 0 Å². The van der Waals surface area contributed by atoms with Crippen LogP contribution < -0.4 is 4.90 Å². The maximum atomic E-state index is 10.6. The fourth-order valence-electron chi connectivity index (χ4n) is 3.76. The molecule has 4 aromatic rings. The van der Waals surface area contributed by atoms with E-state index in [9.17, 15) is 26.3 Å². The SMILES string of the molecule is Cc1ccc(CN2CCN(c3nccn4c(-c5cccnc5)cnc34)CC2)s1.O=C(O)C(F)(F)F.O=C(O)C(F)(F)F. The lowest BCUT2D eigenvalue weighted by Gasteiger charge is -2.35. The Balaban J connectivity index is 0.000000289. The van der Waals surface area contributed by atoms with E-state index in [-0.39, 0.29) is 0 Å². The summed E-state index contributed by atoms with van der Waals surface area (Å²) >= 11 is 1.90. The molecule has 0 spiro atoms. The molecule has 0 unspecified atom stereocenters. The Labute approximate surface area is 238 Å². The van der Waals surface area contributed by atoms with Crippen molar-refractivity contribution in [1.82, 2.24) is 24.3 Å². The van der Waals surface area contributed by atoms with Crippen molar-refractivity contribution in [3.8, 4) is 11.3 Å². The molecular formula is C25H24F6N6O4S. The van der Waals surface area contributed by atoms with Gasteiger partial charge in [0, 0.05) is 72.8 Å². The highest BCUT2D eigenvalue weighted by molar-refractivity contribution is 7.11. The number of aliphatic carboxylic acids is 2. The van der Waals surface area contributed by atoms with Crippen molar-refractivity contribution in [2.24, 2.45) is 0 Å². The fraction of sp³-hybridized carbons (Fsp3) is 0.320. The summed E-state index contributed by atoms with van der Waals surface area (Å²) in [5, 5.41) is 14.2. The van der Waals surface area contributed by atoms with Gasteiger partial charge < -0.3 is 15.1 Å². The van der Waals surface area contributed by atoms with Crippen LogP contribution in [-0.2, 0) is 16.1 Å². The molecule has 1 aliphatic rings. The van der Waals surface area contributed by atoms with Crippen molar-refractivity contribution >= 4 is 34.7 Å². The predicted molar refractivity (Wildman–Crippen MR) is 140 cm³/mol. The van der Waals surface area contributed by atoms with Crippen LogP contribution in [0, 0.1) is 6.92 Å². The van der Waals surface area contributed by atoms with E-state index in [2.05, 4.69) is 54.3 Å². The number of rotatable bonds is 4. The number of piperazine rings is 1. The summed E-state index contributed by atoms with van der Waals surface area (Å²) in [6, 6.07) is 8.46. The molecule has 0 atom stereocenters. The topological polar surface area (TPSA) is 124 Å². The zero-order chi connectivity index (χ0) is 31.1. The number of aryl methyl sites for hydroxylation is 1. The molecule has 0 bridgehead atoms. The Hall–Kier alpha value is -4.25. The maximum absolute atomic E-state index is 10.6. The predicted octanol–water partition coefficient (Wildman–Crippen LogP) is 4.75. The molecule has 1 fully saturated rings. The number of alkyl halides is 6. The molecule has 1 aliphatic heterocycles. The summed E-state index contributed by atoms with van der Waals surface area (Å²) in [6.45, 7) is 7.21. The summed E-state index contributed by atoms with van der Waals surface area (Å²) in [5.74, 6) is -4.55. The summed E-state index contributed by atoms with van der Waals surface area (Å²) in [5.41, 5.74) is 3.00. The number of nitrogens with zero attached hydrogens (tertiary/aromatic N) is 6. The number of pyridine rings is 1. The first kappa shape index (κ1) is 32.3. The van der Waals surface area contributed by atoms with E-state index in [0.717, 1.165) is 55.4 Å². The van der Waals surface area contributed by atoms with Crippen molar-refractivity contribution < 1.29 is 46.1 Å². The highest BCUT2D eigenvalue weighted by Gasteiger charge is 2.38. The van der Waals surface area contributed by atoms with Crippen LogP contribution in [0.15, 0.2) is 55.2 Å². The number of carbonyl (C=O) groups is 2. The first-order chi connectivity index (χ1) is 19.7. The quantitative estimate of drug-likeness (QED) is 0.312. The zero-order valence-corrected chi connectivity index (χ0v) is 22.6. The number of hydrogen-bond donors (Lipinski definition) is 2. The first-order valence-corrected chi connectivity index (χ1v) is 12.8.